The largest absolute Gasteiger partial charge is 0.573 e. The van der Waals surface area contributed by atoms with Gasteiger partial charge in [0.15, 0.2) is 0 Å². The average molecular weight is 480 g/mol. The number of benzene rings is 1. The van der Waals surface area contributed by atoms with Crippen LogP contribution in [0, 0.1) is 0 Å². The lowest BCUT2D eigenvalue weighted by Crippen LogP contribution is -2.21. The van der Waals surface area contributed by atoms with Gasteiger partial charge in [0.25, 0.3) is 10.0 Å². The Morgan fingerprint density at radius 3 is 2.56 bits per heavy atom. The van der Waals surface area contributed by atoms with Gasteiger partial charge in [0.2, 0.25) is 0 Å². The molecule has 0 aliphatic carbocycles. The summed E-state index contributed by atoms with van der Waals surface area (Å²) in [6, 6.07) is 4.68. The molecule has 1 N–H and O–H groups in total. The zero-order valence-electron chi connectivity index (χ0n) is 13.1. The van der Waals surface area contributed by atoms with Crippen LogP contribution in [0.25, 0.3) is 10.4 Å². The molecule has 0 spiro atoms. The second-order valence-corrected chi connectivity index (χ2v) is 8.53. The highest BCUT2D eigenvalue weighted by molar-refractivity contribution is 9.10. The number of aromatic nitrogens is 2. The van der Waals surface area contributed by atoms with Crippen molar-refractivity contribution in [2.75, 3.05) is 4.72 Å². The third-order valence-electron chi connectivity index (χ3n) is 3.13. The molecular formula is C15H9BrF3N3O3S2. The zero-order valence-corrected chi connectivity index (χ0v) is 16.3. The number of thiazole rings is 1. The number of pyridine rings is 1. The van der Waals surface area contributed by atoms with E-state index in [1.165, 1.54) is 35.9 Å². The molecule has 0 aliphatic rings. The van der Waals surface area contributed by atoms with Crippen LogP contribution in [0.15, 0.2) is 57.7 Å². The summed E-state index contributed by atoms with van der Waals surface area (Å²) >= 11 is 4.37. The van der Waals surface area contributed by atoms with Crippen LogP contribution in [0.5, 0.6) is 5.75 Å². The molecule has 0 saturated carbocycles. The highest BCUT2D eigenvalue weighted by Gasteiger charge is 2.34. The predicted molar refractivity (Wildman–Crippen MR) is 97.0 cm³/mol. The molecule has 0 radical (unpaired) electrons. The number of ether oxygens (including phenoxy) is 1. The SMILES string of the molecule is O=S(=O)(Nc1cncc(-c2cncs2)c1)c1cc(Br)ccc1OC(F)(F)F. The maximum Gasteiger partial charge on any atom is 0.573 e. The van der Waals surface area contributed by atoms with Crippen LogP contribution in [0.2, 0.25) is 0 Å². The maximum absolute atomic E-state index is 12.6. The minimum Gasteiger partial charge on any atom is -0.404 e. The molecule has 0 aliphatic heterocycles. The van der Waals surface area contributed by atoms with Gasteiger partial charge in [-0.2, -0.15) is 0 Å². The van der Waals surface area contributed by atoms with Gasteiger partial charge in [-0.15, -0.1) is 24.5 Å². The zero-order chi connectivity index (χ0) is 19.7. The molecule has 3 aromatic rings. The fourth-order valence-electron chi connectivity index (χ4n) is 2.10. The van der Waals surface area contributed by atoms with E-state index in [4.69, 9.17) is 0 Å². The Balaban J connectivity index is 1.96. The summed E-state index contributed by atoms with van der Waals surface area (Å²) in [7, 11) is -4.38. The highest BCUT2D eigenvalue weighted by atomic mass is 79.9. The highest BCUT2D eigenvalue weighted by Crippen LogP contribution is 2.33. The number of halogens is 4. The second-order valence-electron chi connectivity index (χ2n) is 5.07. The van der Waals surface area contributed by atoms with E-state index in [2.05, 4.69) is 35.4 Å². The number of nitrogens with zero attached hydrogens (tertiary/aromatic N) is 2. The molecule has 0 unspecified atom stereocenters. The van der Waals surface area contributed by atoms with Crippen molar-refractivity contribution in [3.05, 3.63) is 52.8 Å². The lowest BCUT2D eigenvalue weighted by atomic mass is 10.2. The first-order valence-electron chi connectivity index (χ1n) is 7.06. The summed E-state index contributed by atoms with van der Waals surface area (Å²) in [6.45, 7) is 0. The van der Waals surface area contributed by atoms with Crippen molar-refractivity contribution in [2.24, 2.45) is 0 Å². The maximum atomic E-state index is 12.6. The molecule has 2 aromatic heterocycles. The molecule has 0 fully saturated rings. The second kappa shape index (κ2) is 7.44. The number of rotatable bonds is 5. The Kier molecular flexibility index (Phi) is 5.40. The summed E-state index contributed by atoms with van der Waals surface area (Å²) in [5.41, 5.74) is 2.30. The molecule has 142 valence electrons. The standard InChI is InChI=1S/C15H9BrF3N3O3S2/c16-10-1-2-12(25-15(17,18)19)14(4-10)27(23,24)22-11-3-9(5-20-6-11)13-7-21-8-26-13/h1-8,22H. The van der Waals surface area contributed by atoms with Gasteiger partial charge < -0.3 is 4.74 Å². The number of alkyl halides is 3. The van der Waals surface area contributed by atoms with E-state index < -0.39 is 27.0 Å². The molecule has 27 heavy (non-hydrogen) atoms. The van der Waals surface area contributed by atoms with Gasteiger partial charge in [0, 0.05) is 22.4 Å². The predicted octanol–water partition coefficient (Wildman–Crippen LogP) is 4.67. The molecule has 0 saturated heterocycles. The molecule has 0 atom stereocenters. The Morgan fingerprint density at radius 2 is 1.89 bits per heavy atom. The van der Waals surface area contributed by atoms with Crippen LogP contribution in [-0.2, 0) is 10.0 Å². The number of sulfonamides is 1. The number of nitrogens with one attached hydrogen (secondary N) is 1. The van der Waals surface area contributed by atoms with Crippen LogP contribution < -0.4 is 9.46 Å². The van der Waals surface area contributed by atoms with Crippen molar-refractivity contribution in [1.29, 1.82) is 0 Å². The first-order valence-corrected chi connectivity index (χ1v) is 10.2. The van der Waals surface area contributed by atoms with E-state index in [0.717, 1.165) is 17.0 Å². The molecule has 6 nitrogen and oxygen atoms in total. The fourth-order valence-corrected chi connectivity index (χ4v) is 4.41. The minimum atomic E-state index is -5.04. The number of hydrogen-bond donors (Lipinski definition) is 1. The molecule has 0 amide bonds. The van der Waals surface area contributed by atoms with Crippen LogP contribution in [0.1, 0.15) is 0 Å². The van der Waals surface area contributed by atoms with Crippen LogP contribution >= 0.6 is 27.3 Å². The van der Waals surface area contributed by atoms with Gasteiger partial charge in [0.1, 0.15) is 10.6 Å². The monoisotopic (exact) mass is 479 g/mol. The first kappa shape index (κ1) is 19.6. The Labute approximate surface area is 164 Å². The van der Waals surface area contributed by atoms with Gasteiger partial charge in [0.05, 0.1) is 22.3 Å². The van der Waals surface area contributed by atoms with E-state index >= 15 is 0 Å². The normalized spacial score (nSPS) is 12.0. The molecule has 12 heteroatoms. The van der Waals surface area contributed by atoms with Gasteiger partial charge in [-0.1, -0.05) is 15.9 Å². The molecule has 3 rings (SSSR count). The minimum absolute atomic E-state index is 0.0823. The lowest BCUT2D eigenvalue weighted by Gasteiger charge is -2.15. The van der Waals surface area contributed by atoms with Gasteiger partial charge in [-0.25, -0.2) is 8.42 Å². The Hall–Kier alpha value is -2.18. The quantitative estimate of drug-likeness (QED) is 0.575. The lowest BCUT2D eigenvalue weighted by molar-refractivity contribution is -0.275. The van der Waals surface area contributed by atoms with Crippen molar-refractivity contribution in [3.63, 3.8) is 0 Å². The number of hydrogen-bond acceptors (Lipinski definition) is 6. The van der Waals surface area contributed by atoms with E-state index in [1.54, 1.807) is 11.7 Å². The van der Waals surface area contributed by atoms with Crippen molar-refractivity contribution in [1.82, 2.24) is 9.97 Å². The summed E-state index contributed by atoms with van der Waals surface area (Å²) < 4.78 is 69.4. The van der Waals surface area contributed by atoms with Crippen LogP contribution in [0.4, 0.5) is 18.9 Å². The average Bonchev–Trinajstić information content (AvgIpc) is 3.09. The smallest absolute Gasteiger partial charge is 0.404 e. The molecule has 1 aromatic carbocycles. The molecule has 2 heterocycles. The van der Waals surface area contributed by atoms with E-state index in [0.29, 0.717) is 5.56 Å². The Bertz CT molecular complexity index is 1060. The van der Waals surface area contributed by atoms with Crippen LogP contribution in [-0.4, -0.2) is 24.7 Å². The fraction of sp³-hybridized carbons (Fsp3) is 0.0667. The van der Waals surface area contributed by atoms with Crippen molar-refractivity contribution < 1.29 is 26.3 Å². The van der Waals surface area contributed by atoms with Crippen molar-refractivity contribution >= 4 is 43.0 Å². The summed E-state index contributed by atoms with van der Waals surface area (Å²) in [5, 5.41) is 0. The summed E-state index contributed by atoms with van der Waals surface area (Å²) in [5.74, 6) is -0.843. The van der Waals surface area contributed by atoms with Crippen LogP contribution in [0.3, 0.4) is 0 Å². The first-order chi connectivity index (χ1) is 12.6. The topological polar surface area (TPSA) is 81.2 Å². The van der Waals surface area contributed by atoms with Crippen molar-refractivity contribution in [2.45, 2.75) is 11.3 Å². The van der Waals surface area contributed by atoms with E-state index in [-0.39, 0.29) is 10.2 Å². The van der Waals surface area contributed by atoms with E-state index in [1.807, 2.05) is 0 Å². The Morgan fingerprint density at radius 1 is 1.11 bits per heavy atom. The number of anilines is 1. The summed E-state index contributed by atoms with van der Waals surface area (Å²) in [4.78, 5) is 7.97. The van der Waals surface area contributed by atoms with Gasteiger partial charge in [-0.3, -0.25) is 14.7 Å². The van der Waals surface area contributed by atoms with Gasteiger partial charge in [-0.05, 0) is 24.3 Å². The third kappa shape index (κ3) is 4.96. The van der Waals surface area contributed by atoms with Crippen molar-refractivity contribution in [3.8, 4) is 16.2 Å². The molecular weight excluding hydrogens is 471 g/mol. The van der Waals surface area contributed by atoms with Gasteiger partial charge >= 0.3 is 6.36 Å². The van der Waals surface area contributed by atoms with E-state index in [9.17, 15) is 21.6 Å². The summed E-state index contributed by atoms with van der Waals surface area (Å²) in [6.07, 6.45) is -0.692. The molecule has 0 bridgehead atoms. The third-order valence-corrected chi connectivity index (χ3v) is 5.85.